The summed E-state index contributed by atoms with van der Waals surface area (Å²) in [4.78, 5) is 5.43. The van der Waals surface area contributed by atoms with Gasteiger partial charge >= 0.3 is 0 Å². The van der Waals surface area contributed by atoms with Gasteiger partial charge in [-0.3, -0.25) is 5.10 Å². The largest absolute Gasteiger partial charge is 0.310 e. The lowest BCUT2D eigenvalue weighted by Gasteiger charge is -2.15. The lowest BCUT2D eigenvalue weighted by molar-refractivity contribution is 0.568. The van der Waals surface area contributed by atoms with Gasteiger partial charge in [0.05, 0.1) is 0 Å². The Morgan fingerprint density at radius 3 is 2.85 bits per heavy atom. The molecule has 1 heterocycles. The van der Waals surface area contributed by atoms with Crippen LogP contribution in [0.3, 0.4) is 0 Å². The average molecular weight is 355 g/mol. The van der Waals surface area contributed by atoms with Gasteiger partial charge in [0.1, 0.15) is 5.82 Å². The third-order valence-electron chi connectivity index (χ3n) is 2.92. The third-order valence-corrected chi connectivity index (χ3v) is 4.47. The Balaban J connectivity index is 2.09. The minimum atomic E-state index is 0.342. The number of H-pyrrole nitrogens is 1. The van der Waals surface area contributed by atoms with Crippen LogP contribution in [0.5, 0.6) is 0 Å². The molecule has 6 heteroatoms. The summed E-state index contributed by atoms with van der Waals surface area (Å²) in [6, 6.07) is 6.73. The first-order valence-electron chi connectivity index (χ1n) is 6.70. The Hall–Kier alpha value is -0.850. The first-order chi connectivity index (χ1) is 9.60. The number of benzene rings is 1. The van der Waals surface area contributed by atoms with E-state index in [1.165, 1.54) is 5.56 Å². The smallest absolute Gasteiger partial charge is 0.213 e. The van der Waals surface area contributed by atoms with Gasteiger partial charge in [-0.15, -0.1) is 5.10 Å². The molecule has 0 bridgehead atoms. The second kappa shape index (κ2) is 7.24. The molecular formula is C14H19BrN4S. The minimum Gasteiger partial charge on any atom is -0.310 e. The highest BCUT2D eigenvalue weighted by Crippen LogP contribution is 2.31. The number of hydrogen-bond acceptors (Lipinski definition) is 4. The van der Waals surface area contributed by atoms with E-state index in [4.69, 9.17) is 0 Å². The summed E-state index contributed by atoms with van der Waals surface area (Å²) in [7, 11) is 0. The summed E-state index contributed by atoms with van der Waals surface area (Å²) < 4.78 is 1.12. The van der Waals surface area contributed by atoms with Gasteiger partial charge in [-0.1, -0.05) is 28.9 Å². The Morgan fingerprint density at radius 1 is 1.45 bits per heavy atom. The predicted octanol–water partition coefficient (Wildman–Crippen LogP) is 4.09. The highest BCUT2D eigenvalue weighted by Gasteiger charge is 2.10. The van der Waals surface area contributed by atoms with E-state index >= 15 is 0 Å². The average Bonchev–Trinajstić information content (AvgIpc) is 2.81. The molecule has 2 rings (SSSR count). The number of aromatic nitrogens is 3. The predicted molar refractivity (Wildman–Crippen MR) is 86.1 cm³/mol. The Labute approximate surface area is 132 Å². The molecule has 2 N–H and O–H groups in total. The number of hydrogen-bond donors (Lipinski definition) is 2. The van der Waals surface area contributed by atoms with Gasteiger partial charge in [-0.05, 0) is 56.3 Å². The van der Waals surface area contributed by atoms with Gasteiger partial charge in [0.15, 0.2) is 0 Å². The van der Waals surface area contributed by atoms with Crippen LogP contribution in [0.15, 0.2) is 32.7 Å². The Kier molecular flexibility index (Phi) is 5.63. The van der Waals surface area contributed by atoms with Crippen molar-refractivity contribution in [3.8, 4) is 0 Å². The zero-order valence-electron chi connectivity index (χ0n) is 11.9. The van der Waals surface area contributed by atoms with Gasteiger partial charge in [-0.2, -0.15) is 0 Å². The first kappa shape index (κ1) is 15.5. The topological polar surface area (TPSA) is 53.6 Å². The van der Waals surface area contributed by atoms with E-state index in [0.29, 0.717) is 6.04 Å². The maximum atomic E-state index is 4.30. The third kappa shape index (κ3) is 4.07. The zero-order valence-corrected chi connectivity index (χ0v) is 14.3. The number of aromatic amines is 1. The zero-order chi connectivity index (χ0) is 14.5. The van der Waals surface area contributed by atoms with E-state index in [1.807, 2.05) is 6.92 Å². The van der Waals surface area contributed by atoms with Crippen molar-refractivity contribution in [1.82, 2.24) is 20.5 Å². The SMILES string of the molecule is CCCNC(C)c1ccc(Sc2n[nH]c(C)n2)cc1Br. The monoisotopic (exact) mass is 354 g/mol. The van der Waals surface area contributed by atoms with E-state index < -0.39 is 0 Å². The highest BCUT2D eigenvalue weighted by molar-refractivity contribution is 9.10. The summed E-state index contributed by atoms with van der Waals surface area (Å²) in [5.74, 6) is 0.834. The molecule has 1 aromatic carbocycles. The van der Waals surface area contributed by atoms with Gasteiger partial charge in [-0.25, -0.2) is 4.98 Å². The van der Waals surface area contributed by atoms with E-state index in [0.717, 1.165) is 33.3 Å². The van der Waals surface area contributed by atoms with Crippen molar-refractivity contribution in [2.75, 3.05) is 6.54 Å². The molecule has 0 amide bonds. The van der Waals surface area contributed by atoms with Crippen LogP contribution in [-0.2, 0) is 0 Å². The Morgan fingerprint density at radius 2 is 2.25 bits per heavy atom. The summed E-state index contributed by atoms with van der Waals surface area (Å²) >= 11 is 5.21. The van der Waals surface area contributed by atoms with Gasteiger partial charge in [0.2, 0.25) is 5.16 Å². The fourth-order valence-electron chi connectivity index (χ4n) is 1.87. The van der Waals surface area contributed by atoms with Gasteiger partial charge in [0, 0.05) is 15.4 Å². The van der Waals surface area contributed by atoms with Crippen LogP contribution in [0.2, 0.25) is 0 Å². The van der Waals surface area contributed by atoms with E-state index in [2.05, 4.69) is 68.5 Å². The normalized spacial score (nSPS) is 12.6. The summed E-state index contributed by atoms with van der Waals surface area (Å²) in [6.45, 7) is 7.28. The van der Waals surface area contributed by atoms with E-state index in [1.54, 1.807) is 11.8 Å². The van der Waals surface area contributed by atoms with Crippen LogP contribution < -0.4 is 5.32 Å². The molecule has 0 aliphatic heterocycles. The van der Waals surface area contributed by atoms with Crippen LogP contribution >= 0.6 is 27.7 Å². The van der Waals surface area contributed by atoms with Crippen LogP contribution in [0.25, 0.3) is 0 Å². The molecule has 20 heavy (non-hydrogen) atoms. The number of nitrogens with zero attached hydrogens (tertiary/aromatic N) is 2. The van der Waals surface area contributed by atoms with Crippen LogP contribution in [0.4, 0.5) is 0 Å². The standard InChI is InChI=1S/C14H19BrN4S/c1-4-7-16-9(2)12-6-5-11(8-13(12)15)20-14-17-10(3)18-19-14/h5-6,8-9,16H,4,7H2,1-3H3,(H,17,18,19). The van der Waals surface area contributed by atoms with Crippen molar-refractivity contribution < 1.29 is 0 Å². The maximum Gasteiger partial charge on any atom is 0.213 e. The first-order valence-corrected chi connectivity index (χ1v) is 8.30. The molecule has 108 valence electrons. The highest BCUT2D eigenvalue weighted by atomic mass is 79.9. The molecule has 0 saturated heterocycles. The molecule has 1 atom stereocenters. The lowest BCUT2D eigenvalue weighted by atomic mass is 10.1. The molecule has 4 nitrogen and oxygen atoms in total. The number of rotatable bonds is 6. The van der Waals surface area contributed by atoms with Crippen molar-refractivity contribution in [1.29, 1.82) is 0 Å². The van der Waals surface area contributed by atoms with Crippen molar-refractivity contribution in [3.63, 3.8) is 0 Å². The van der Waals surface area contributed by atoms with Crippen LogP contribution in [-0.4, -0.2) is 21.7 Å². The summed E-state index contributed by atoms with van der Waals surface area (Å²) in [6.07, 6.45) is 1.14. The fraction of sp³-hybridized carbons (Fsp3) is 0.429. The van der Waals surface area contributed by atoms with Gasteiger partial charge < -0.3 is 5.32 Å². The van der Waals surface area contributed by atoms with Crippen LogP contribution in [0, 0.1) is 6.92 Å². The Bertz CT molecular complexity index is 570. The quantitative estimate of drug-likeness (QED) is 0.820. The van der Waals surface area contributed by atoms with Crippen molar-refractivity contribution >= 4 is 27.7 Å². The molecule has 0 saturated carbocycles. The van der Waals surface area contributed by atoms with Crippen LogP contribution in [0.1, 0.15) is 37.7 Å². The minimum absolute atomic E-state index is 0.342. The number of aryl methyl sites for hydroxylation is 1. The molecule has 1 aromatic heterocycles. The van der Waals surface area contributed by atoms with E-state index in [9.17, 15) is 0 Å². The maximum absolute atomic E-state index is 4.30. The second-order valence-corrected chi connectivity index (χ2v) is 6.56. The lowest BCUT2D eigenvalue weighted by Crippen LogP contribution is -2.19. The summed E-state index contributed by atoms with van der Waals surface area (Å²) in [5, 5.41) is 11.2. The van der Waals surface area contributed by atoms with Crippen molar-refractivity contribution in [3.05, 3.63) is 34.1 Å². The van der Waals surface area contributed by atoms with E-state index in [-0.39, 0.29) is 0 Å². The molecular weight excluding hydrogens is 336 g/mol. The summed E-state index contributed by atoms with van der Waals surface area (Å²) in [5.41, 5.74) is 1.27. The number of halogens is 1. The molecule has 0 aliphatic carbocycles. The molecule has 0 spiro atoms. The fourth-order valence-corrected chi connectivity index (χ4v) is 3.54. The molecule has 0 fully saturated rings. The molecule has 0 aliphatic rings. The number of nitrogens with one attached hydrogen (secondary N) is 2. The second-order valence-electron chi connectivity index (χ2n) is 4.66. The molecule has 0 radical (unpaired) electrons. The molecule has 2 aromatic rings. The van der Waals surface area contributed by atoms with Gasteiger partial charge in [0.25, 0.3) is 0 Å². The van der Waals surface area contributed by atoms with Crippen molar-refractivity contribution in [2.24, 2.45) is 0 Å². The van der Waals surface area contributed by atoms with Crippen molar-refractivity contribution in [2.45, 2.75) is 43.3 Å². The molecule has 1 unspecified atom stereocenters.